The van der Waals surface area contributed by atoms with Crippen LogP contribution >= 0.6 is 15.6 Å². The number of unbranched alkanes of at least 4 members (excludes halogenated alkanes) is 32. The van der Waals surface area contributed by atoms with Gasteiger partial charge in [-0.1, -0.05) is 273 Å². The first-order chi connectivity index (χ1) is 40.4. The molecule has 0 aliphatic heterocycles. The van der Waals surface area contributed by atoms with Crippen LogP contribution in [0, 0.1) is 11.8 Å². The first-order valence-electron chi connectivity index (χ1n) is 34.1. The van der Waals surface area contributed by atoms with E-state index in [0.29, 0.717) is 25.7 Å². The molecule has 0 rings (SSSR count). The number of carbonyl (C=O) groups excluding carboxylic acids is 4. The van der Waals surface area contributed by atoms with Crippen molar-refractivity contribution >= 4 is 39.5 Å². The second kappa shape index (κ2) is 57.5. The lowest BCUT2D eigenvalue weighted by molar-refractivity contribution is -0.161. The highest BCUT2D eigenvalue weighted by Crippen LogP contribution is 2.45. The third-order valence-electron chi connectivity index (χ3n) is 15.7. The number of esters is 4. The summed E-state index contributed by atoms with van der Waals surface area (Å²) in [6.45, 7) is 9.47. The molecule has 17 nitrogen and oxygen atoms in total. The summed E-state index contributed by atoms with van der Waals surface area (Å²) in [6, 6.07) is 0. The Morgan fingerprint density at radius 2 is 0.571 bits per heavy atom. The minimum Gasteiger partial charge on any atom is -0.462 e. The van der Waals surface area contributed by atoms with E-state index in [1.807, 2.05) is 0 Å². The molecule has 0 spiro atoms. The first-order valence-corrected chi connectivity index (χ1v) is 37.1. The van der Waals surface area contributed by atoms with Crippen LogP contribution in [-0.2, 0) is 65.4 Å². The molecule has 19 heteroatoms. The lowest BCUT2D eigenvalue weighted by Crippen LogP contribution is -2.30. The summed E-state index contributed by atoms with van der Waals surface area (Å²) in [7, 11) is -9.89. The molecule has 0 aromatic rings. The van der Waals surface area contributed by atoms with Gasteiger partial charge in [0.05, 0.1) is 26.4 Å². The van der Waals surface area contributed by atoms with Crippen LogP contribution in [0.4, 0.5) is 0 Å². The SMILES string of the molecule is CCCCCCCCCCCCC(=O)OC[C@H](COP(=O)(O)OC[C@H](O)COP(=O)(O)OC[C@@H](COC(=O)CCCCCCCCC(C)CC)OC(=O)CCCCCCCCCCCCC(C)CC)OC(=O)CCCCCCCCCCCC. The highest BCUT2D eigenvalue weighted by Gasteiger charge is 2.30. The van der Waals surface area contributed by atoms with E-state index in [1.165, 1.54) is 135 Å². The van der Waals surface area contributed by atoms with Crippen LogP contribution in [0.3, 0.4) is 0 Å². The first kappa shape index (κ1) is 82.1. The highest BCUT2D eigenvalue weighted by molar-refractivity contribution is 7.47. The average molecular weight is 1240 g/mol. The van der Waals surface area contributed by atoms with E-state index >= 15 is 0 Å². The number of aliphatic hydroxyl groups excluding tert-OH is 1. The fourth-order valence-corrected chi connectivity index (χ4v) is 11.2. The van der Waals surface area contributed by atoms with Gasteiger partial charge in [-0.05, 0) is 37.5 Å². The third kappa shape index (κ3) is 56.6. The van der Waals surface area contributed by atoms with Gasteiger partial charge in [0.25, 0.3) is 0 Å². The van der Waals surface area contributed by atoms with Gasteiger partial charge >= 0.3 is 39.5 Å². The predicted octanol–water partition coefficient (Wildman–Crippen LogP) is 18.0. The predicted molar refractivity (Wildman–Crippen MR) is 335 cm³/mol. The molecular formula is C65H126O17P2. The molecule has 0 fully saturated rings. The molecule has 0 heterocycles. The van der Waals surface area contributed by atoms with Crippen molar-refractivity contribution in [2.24, 2.45) is 11.8 Å². The lowest BCUT2D eigenvalue weighted by atomic mass is 9.99. The molecule has 4 unspecified atom stereocenters. The van der Waals surface area contributed by atoms with Gasteiger partial charge in [0, 0.05) is 25.7 Å². The Kier molecular flexibility index (Phi) is 56.2. The fraction of sp³-hybridized carbons (Fsp3) is 0.938. The molecule has 0 bridgehead atoms. The summed E-state index contributed by atoms with van der Waals surface area (Å²) >= 11 is 0. The van der Waals surface area contributed by atoms with E-state index < -0.39 is 97.5 Å². The highest BCUT2D eigenvalue weighted by atomic mass is 31.2. The molecule has 7 atom stereocenters. The van der Waals surface area contributed by atoms with Crippen molar-refractivity contribution in [3.05, 3.63) is 0 Å². The molecular weight excluding hydrogens is 1110 g/mol. The second-order valence-corrected chi connectivity index (χ2v) is 26.9. The molecule has 0 aliphatic carbocycles. The van der Waals surface area contributed by atoms with E-state index in [4.69, 9.17) is 37.0 Å². The zero-order valence-corrected chi connectivity index (χ0v) is 56.0. The summed E-state index contributed by atoms with van der Waals surface area (Å²) in [6.07, 6.45) is 40.2. The van der Waals surface area contributed by atoms with Crippen molar-refractivity contribution in [2.75, 3.05) is 39.6 Å². The third-order valence-corrected chi connectivity index (χ3v) is 17.6. The molecule has 0 amide bonds. The smallest absolute Gasteiger partial charge is 0.462 e. The van der Waals surface area contributed by atoms with Gasteiger partial charge in [-0.15, -0.1) is 0 Å². The van der Waals surface area contributed by atoms with Gasteiger partial charge in [-0.2, -0.15) is 0 Å². The van der Waals surface area contributed by atoms with E-state index in [1.54, 1.807) is 0 Å². The second-order valence-electron chi connectivity index (χ2n) is 24.0. The van der Waals surface area contributed by atoms with Crippen molar-refractivity contribution in [3.63, 3.8) is 0 Å². The van der Waals surface area contributed by atoms with Gasteiger partial charge in [0.1, 0.15) is 19.3 Å². The summed E-state index contributed by atoms with van der Waals surface area (Å²) in [5, 5.41) is 10.5. The summed E-state index contributed by atoms with van der Waals surface area (Å²) in [4.78, 5) is 72.2. The molecule has 0 saturated carbocycles. The van der Waals surface area contributed by atoms with Crippen LogP contribution in [0.1, 0.15) is 324 Å². The van der Waals surface area contributed by atoms with Crippen LogP contribution in [0.25, 0.3) is 0 Å². The van der Waals surface area contributed by atoms with Crippen molar-refractivity contribution in [1.82, 2.24) is 0 Å². The number of rotatable bonds is 64. The largest absolute Gasteiger partial charge is 0.472 e. The minimum atomic E-state index is -4.95. The number of hydrogen-bond acceptors (Lipinski definition) is 15. The Balaban J connectivity index is 5.25. The maximum Gasteiger partial charge on any atom is 0.472 e. The fourth-order valence-electron chi connectivity index (χ4n) is 9.64. The molecule has 3 N–H and O–H groups in total. The Labute approximate surface area is 511 Å². The zero-order chi connectivity index (χ0) is 62.2. The monoisotopic (exact) mass is 1240 g/mol. The number of carbonyl (C=O) groups is 4. The van der Waals surface area contributed by atoms with Gasteiger partial charge in [0.2, 0.25) is 0 Å². The molecule has 0 saturated heterocycles. The minimum absolute atomic E-state index is 0.105. The number of aliphatic hydroxyl groups is 1. The summed E-state index contributed by atoms with van der Waals surface area (Å²) < 4.78 is 68.0. The number of hydrogen-bond donors (Lipinski definition) is 3. The van der Waals surface area contributed by atoms with Crippen LogP contribution in [0.2, 0.25) is 0 Å². The van der Waals surface area contributed by atoms with E-state index in [2.05, 4.69) is 41.5 Å². The number of phosphoric ester groups is 2. The van der Waals surface area contributed by atoms with Crippen LogP contribution < -0.4 is 0 Å². The zero-order valence-electron chi connectivity index (χ0n) is 54.2. The molecule has 0 aromatic heterocycles. The Morgan fingerprint density at radius 3 is 0.845 bits per heavy atom. The number of phosphoric acid groups is 2. The van der Waals surface area contributed by atoms with E-state index in [-0.39, 0.29) is 25.7 Å². The Bertz CT molecular complexity index is 1650. The van der Waals surface area contributed by atoms with E-state index in [9.17, 15) is 43.2 Å². The summed E-state index contributed by atoms with van der Waals surface area (Å²) in [5.41, 5.74) is 0. The Morgan fingerprint density at radius 1 is 0.333 bits per heavy atom. The number of ether oxygens (including phenoxy) is 4. The van der Waals surface area contributed by atoms with Gasteiger partial charge in [-0.3, -0.25) is 37.3 Å². The van der Waals surface area contributed by atoms with Crippen LogP contribution in [0.15, 0.2) is 0 Å². The molecule has 0 radical (unpaired) electrons. The average Bonchev–Trinajstić information content (AvgIpc) is 3.66. The van der Waals surface area contributed by atoms with Crippen molar-refractivity contribution in [3.8, 4) is 0 Å². The normalized spacial score (nSPS) is 14.9. The summed E-state index contributed by atoms with van der Waals surface area (Å²) in [5.74, 6) is -0.599. The van der Waals surface area contributed by atoms with E-state index in [0.717, 1.165) is 108 Å². The molecule has 84 heavy (non-hydrogen) atoms. The van der Waals surface area contributed by atoms with Gasteiger partial charge in [0.15, 0.2) is 12.2 Å². The Hall–Kier alpha value is -1.94. The van der Waals surface area contributed by atoms with Crippen molar-refractivity contribution < 1.29 is 80.2 Å². The van der Waals surface area contributed by atoms with Crippen molar-refractivity contribution in [1.29, 1.82) is 0 Å². The van der Waals surface area contributed by atoms with Gasteiger partial charge in [-0.25, -0.2) is 9.13 Å². The maximum atomic E-state index is 13.0. The van der Waals surface area contributed by atoms with Crippen LogP contribution in [-0.4, -0.2) is 96.7 Å². The topological polar surface area (TPSA) is 237 Å². The van der Waals surface area contributed by atoms with Crippen LogP contribution in [0.5, 0.6) is 0 Å². The lowest BCUT2D eigenvalue weighted by Gasteiger charge is -2.21. The standard InChI is InChI=1S/C65H126O17P2/c1-7-11-13-15-17-19-24-28-35-41-47-62(67)75-53-60(81-64(69)49-43-37-29-25-20-18-16-14-12-8-2)55-79-83(71,72)77-51-59(66)52-78-84(73,74)80-56-61(54-76-63(68)48-42-36-32-31-34-40-46-58(6)10-4)82-65(70)50-44-38-30-26-22-21-23-27-33-39-45-57(5)9-3/h57-61,66H,7-56H2,1-6H3,(H,71,72)(H,73,74)/t57?,58?,59-,60+,61+/m0/s1. The van der Waals surface area contributed by atoms with Gasteiger partial charge < -0.3 is 33.8 Å². The maximum absolute atomic E-state index is 13.0. The molecule has 0 aliphatic rings. The van der Waals surface area contributed by atoms with Crippen molar-refractivity contribution in [2.45, 2.75) is 342 Å². The molecule has 498 valence electrons. The quantitative estimate of drug-likeness (QED) is 0.0222. The molecule has 0 aromatic carbocycles.